The fourth-order valence-electron chi connectivity index (χ4n) is 6.85. The molecule has 2 aromatic rings. The van der Waals surface area contributed by atoms with Gasteiger partial charge in [0.2, 0.25) is 0 Å². The van der Waals surface area contributed by atoms with Crippen LogP contribution in [0.25, 0.3) is 0 Å². The zero-order valence-electron chi connectivity index (χ0n) is 37.6. The number of pyridine rings is 2. The predicted octanol–water partition coefficient (Wildman–Crippen LogP) is 4.46. The first-order valence-corrected chi connectivity index (χ1v) is 22.5. The van der Waals surface area contributed by atoms with Gasteiger partial charge in [0.1, 0.15) is 7.05 Å². The normalized spacial score (nSPS) is 14.8. The summed E-state index contributed by atoms with van der Waals surface area (Å²) in [6.07, 6.45) is 33.5. The average molecular weight is 1030 g/mol. The fraction of sp³-hybridized carbons (Fsp3) is 0.553. The molecule has 3 radical (unpaired) electrons. The minimum atomic E-state index is 0. The maximum absolute atomic E-state index is 7.00. The topological polar surface area (TPSA) is 77.3 Å². The van der Waals surface area contributed by atoms with Crippen LogP contribution in [-0.4, -0.2) is 92.4 Å². The van der Waals surface area contributed by atoms with E-state index in [1.807, 2.05) is 17.2 Å². The molecule has 4 aliphatic heterocycles. The van der Waals surface area contributed by atoms with Gasteiger partial charge >= 0.3 is 29.6 Å². The van der Waals surface area contributed by atoms with Crippen molar-refractivity contribution >= 4 is 48.1 Å². The van der Waals surface area contributed by atoms with Gasteiger partial charge < -0.3 is 35.4 Å². The zero-order valence-corrected chi connectivity index (χ0v) is 42.9. The molecule has 0 fully saturated rings. The standard InChI is InChI=1S/C15H24N2.C15H21N2.C14H18N2.CH3I.CH4O.CH4.B.HI.Na.H/c2*1-3-4-5-7-13-9-10-16-15(13)14-8-6-11-17(2)12-14;1-2-3-4-6-12-8-10-16-14(12)13-7-5-9-15-11-13;2*1-2;;;;;/h8-9H,3-7,10-12H2,1-2H3;6,8-9,11-12H,3-5,7,10H2,1-2H3;5,7-9,11H,2-4,6,10H2,1H3;1H3;2H,1H3;1H4;;1H;;/q;+1;;;;;;;+1;-1/p-1. The van der Waals surface area contributed by atoms with Crippen LogP contribution in [-0.2, 0) is 7.05 Å². The van der Waals surface area contributed by atoms with Crippen LogP contribution in [0, 0.1) is 0 Å². The van der Waals surface area contributed by atoms with Crippen LogP contribution >= 0.6 is 22.6 Å². The number of aryl methyl sites for hydroxylation is 1. The van der Waals surface area contributed by atoms with E-state index in [4.69, 9.17) is 5.11 Å². The number of aliphatic hydroxyl groups is 1. The van der Waals surface area contributed by atoms with Gasteiger partial charge in [0, 0.05) is 52.6 Å². The van der Waals surface area contributed by atoms with E-state index in [0.717, 1.165) is 51.0 Å². The number of unbranched alkanes of at least 4 members (excludes halogenated alkanes) is 6. The number of aliphatic imine (C=N–C) groups is 3. The second-order valence-electron chi connectivity index (χ2n) is 13.9. The van der Waals surface area contributed by atoms with Crippen molar-refractivity contribution in [1.82, 2.24) is 9.88 Å². The first-order chi connectivity index (χ1) is 26.5. The Morgan fingerprint density at radius 3 is 1.64 bits per heavy atom. The number of nitrogens with zero attached hydrogens (tertiary/aromatic N) is 6. The van der Waals surface area contributed by atoms with Crippen molar-refractivity contribution < 1.29 is 64.6 Å². The molecule has 0 aromatic carbocycles. The van der Waals surface area contributed by atoms with Crippen molar-refractivity contribution in [2.45, 2.75) is 112 Å². The minimum absolute atomic E-state index is 0. The molecular weight excluding hydrogens is 952 g/mol. The summed E-state index contributed by atoms with van der Waals surface area (Å²) in [7, 11) is 5.25. The van der Waals surface area contributed by atoms with E-state index in [1.54, 1.807) is 6.20 Å². The Balaban J connectivity index is -0.000000354. The van der Waals surface area contributed by atoms with E-state index >= 15 is 0 Å². The molecule has 6 rings (SSSR count). The molecule has 58 heavy (non-hydrogen) atoms. The Morgan fingerprint density at radius 1 is 0.724 bits per heavy atom. The predicted molar refractivity (Wildman–Crippen MR) is 256 cm³/mol. The van der Waals surface area contributed by atoms with Gasteiger partial charge in [0.05, 0.1) is 42.3 Å². The molecule has 0 aliphatic carbocycles. The molecule has 4 aliphatic rings. The van der Waals surface area contributed by atoms with Crippen molar-refractivity contribution in [2.24, 2.45) is 22.0 Å². The zero-order chi connectivity index (χ0) is 39.4. The molecule has 11 heteroatoms. The van der Waals surface area contributed by atoms with Crippen LogP contribution in [0.15, 0.2) is 111 Å². The van der Waals surface area contributed by atoms with Gasteiger partial charge in [-0.2, -0.15) is 0 Å². The minimum Gasteiger partial charge on any atom is -1.00 e. The Bertz CT molecular complexity index is 1600. The number of likely N-dealkylation sites (N-methyl/N-ethyl adjacent to an activating group) is 1. The second-order valence-corrected chi connectivity index (χ2v) is 13.9. The molecule has 0 saturated carbocycles. The third-order valence-electron chi connectivity index (χ3n) is 9.62. The first kappa shape index (κ1) is 61.0. The molecule has 2 aromatic heterocycles. The van der Waals surface area contributed by atoms with Crippen molar-refractivity contribution in [2.75, 3.05) is 51.8 Å². The fourth-order valence-corrected chi connectivity index (χ4v) is 6.85. The molecule has 0 bridgehead atoms. The summed E-state index contributed by atoms with van der Waals surface area (Å²) in [4.78, 5) is 22.4. The van der Waals surface area contributed by atoms with Crippen molar-refractivity contribution in [1.29, 1.82) is 0 Å². The van der Waals surface area contributed by atoms with Gasteiger partial charge in [0.15, 0.2) is 12.4 Å². The summed E-state index contributed by atoms with van der Waals surface area (Å²) in [6.45, 7) is 11.6. The van der Waals surface area contributed by atoms with E-state index in [0.29, 0.717) is 0 Å². The van der Waals surface area contributed by atoms with E-state index in [9.17, 15) is 0 Å². The Labute approximate surface area is 411 Å². The maximum atomic E-state index is 7.00. The van der Waals surface area contributed by atoms with E-state index in [1.165, 1.54) is 123 Å². The smallest absolute Gasteiger partial charge is 1.00 e. The van der Waals surface area contributed by atoms with Crippen LogP contribution in [0.2, 0.25) is 0 Å². The third kappa shape index (κ3) is 22.5. The number of aliphatic hydroxyl groups excluding tert-OH is 1. The monoisotopic (exact) mass is 1030 g/mol. The van der Waals surface area contributed by atoms with E-state index < -0.39 is 0 Å². The molecule has 317 valence electrons. The van der Waals surface area contributed by atoms with Gasteiger partial charge in [-0.05, 0) is 97.4 Å². The Hall–Kier alpha value is -1.29. The van der Waals surface area contributed by atoms with Crippen LogP contribution in [0.3, 0.4) is 0 Å². The molecule has 0 unspecified atom stereocenters. The number of hydrogen-bond acceptors (Lipinski definition) is 6. The number of halogens is 2. The summed E-state index contributed by atoms with van der Waals surface area (Å²) in [6, 6.07) is 8.29. The number of rotatable bonds is 15. The molecule has 6 heterocycles. The van der Waals surface area contributed by atoms with Gasteiger partial charge in [-0.15, -0.1) is 0 Å². The number of aromatic nitrogens is 2. The molecular formula is C47H75BI2N6NaO. The number of hydrogen-bond donors (Lipinski definition) is 1. The van der Waals surface area contributed by atoms with Crippen LogP contribution < -0.4 is 58.1 Å². The van der Waals surface area contributed by atoms with Crippen LogP contribution in [0.5, 0.6) is 0 Å². The summed E-state index contributed by atoms with van der Waals surface area (Å²) in [5, 5.41) is 7.00. The molecule has 0 amide bonds. The summed E-state index contributed by atoms with van der Waals surface area (Å²) < 4.78 is 2.08. The molecule has 7 nitrogen and oxygen atoms in total. The maximum Gasteiger partial charge on any atom is 1.00 e. The van der Waals surface area contributed by atoms with Gasteiger partial charge in [-0.3, -0.25) is 20.0 Å². The van der Waals surface area contributed by atoms with Gasteiger partial charge in [-0.25, -0.2) is 4.57 Å². The summed E-state index contributed by atoms with van der Waals surface area (Å²) in [5.74, 6) is 0. The largest absolute Gasteiger partial charge is 1.00 e. The van der Waals surface area contributed by atoms with Gasteiger partial charge in [-0.1, -0.05) is 114 Å². The molecule has 0 atom stereocenters. The summed E-state index contributed by atoms with van der Waals surface area (Å²) >= 11 is 2.15. The van der Waals surface area contributed by atoms with Crippen molar-refractivity contribution in [3.05, 3.63) is 107 Å². The van der Waals surface area contributed by atoms with Crippen molar-refractivity contribution in [3.8, 4) is 0 Å². The quantitative estimate of drug-likeness (QED) is 0.0943. The summed E-state index contributed by atoms with van der Waals surface area (Å²) in [5.41, 5.74) is 11.9. The molecule has 0 saturated heterocycles. The first-order valence-electron chi connectivity index (χ1n) is 20.3. The number of allylic oxidation sites excluding steroid dienone is 3. The van der Waals surface area contributed by atoms with Crippen LogP contribution in [0.4, 0.5) is 0 Å². The Morgan fingerprint density at radius 2 is 1.19 bits per heavy atom. The Kier molecular flexibility index (Phi) is 40.6. The van der Waals surface area contributed by atoms with Gasteiger partial charge in [0.25, 0.3) is 0 Å². The number of alkyl halides is 1. The molecule has 1 N–H and O–H groups in total. The SMILES string of the molecule is C.CCCCCC1=CCN=C1C1=CCCN(C)C1.CCCCCC1=CCN=C1c1ccc[n+](C)c1.CCCCCC1=CCN=C1c1cccnc1.CI.CO.[B].[H-].[I-].[Na+]. The van der Waals surface area contributed by atoms with Crippen molar-refractivity contribution in [3.63, 3.8) is 0 Å². The second kappa shape index (κ2) is 38.6. The molecule has 0 spiro atoms. The van der Waals surface area contributed by atoms with E-state index in [-0.39, 0.29) is 70.8 Å². The average Bonchev–Trinajstić information content (AvgIpc) is 4.00. The van der Waals surface area contributed by atoms with Crippen LogP contribution in [0.1, 0.15) is 124 Å². The van der Waals surface area contributed by atoms with E-state index in [2.05, 4.69) is 142 Å². The third-order valence-corrected chi connectivity index (χ3v) is 9.62.